The molecule has 0 bridgehead atoms. The van der Waals surface area contributed by atoms with Gasteiger partial charge in [0.1, 0.15) is 0 Å². The Morgan fingerprint density at radius 1 is 0.357 bits per heavy atom. The molecule has 0 fully saturated rings. The highest BCUT2D eigenvalue weighted by Crippen LogP contribution is 2.44. The molecule has 0 radical (unpaired) electrons. The zero-order chi connectivity index (χ0) is 27.9. The van der Waals surface area contributed by atoms with Crippen molar-refractivity contribution < 1.29 is 0 Å². The number of pyridine rings is 2. The van der Waals surface area contributed by atoms with Crippen molar-refractivity contribution in [2.24, 2.45) is 0 Å². The van der Waals surface area contributed by atoms with Gasteiger partial charge in [0, 0.05) is 24.2 Å². The van der Waals surface area contributed by atoms with E-state index in [4.69, 9.17) is 0 Å². The van der Waals surface area contributed by atoms with Gasteiger partial charge in [0.05, 0.1) is 5.69 Å². The summed E-state index contributed by atoms with van der Waals surface area (Å²) in [6, 6.07) is 50.2. The van der Waals surface area contributed by atoms with Gasteiger partial charge < -0.3 is 0 Å². The molecule has 0 unspecified atom stereocenters. The second-order valence-electron chi connectivity index (χ2n) is 10.7. The zero-order valence-corrected chi connectivity index (χ0v) is 22.9. The Hall–Kier alpha value is -5.60. The number of hydrogen-bond acceptors (Lipinski definition) is 2. The van der Waals surface area contributed by atoms with Crippen molar-refractivity contribution in [3.05, 3.63) is 158 Å². The van der Waals surface area contributed by atoms with Gasteiger partial charge in [-0.25, -0.2) is 0 Å². The average molecular weight is 535 g/mol. The lowest BCUT2D eigenvalue weighted by molar-refractivity contribution is 1.28. The second kappa shape index (κ2) is 10.1. The first-order valence-corrected chi connectivity index (χ1v) is 14.2. The van der Waals surface area contributed by atoms with Gasteiger partial charge in [0.25, 0.3) is 0 Å². The molecule has 0 N–H and O–H groups in total. The largest absolute Gasteiger partial charge is 0.264 e. The first-order chi connectivity index (χ1) is 20.8. The van der Waals surface area contributed by atoms with Crippen molar-refractivity contribution in [2.75, 3.05) is 0 Å². The average Bonchev–Trinajstić information content (AvgIpc) is 3.07. The van der Waals surface area contributed by atoms with Gasteiger partial charge in [-0.1, -0.05) is 103 Å². The van der Waals surface area contributed by atoms with Crippen LogP contribution in [-0.4, -0.2) is 9.97 Å². The summed E-state index contributed by atoms with van der Waals surface area (Å²) >= 11 is 0. The van der Waals surface area contributed by atoms with Crippen LogP contribution in [0.1, 0.15) is 0 Å². The van der Waals surface area contributed by atoms with Gasteiger partial charge in [-0.2, -0.15) is 0 Å². The maximum absolute atomic E-state index is 4.58. The van der Waals surface area contributed by atoms with Crippen molar-refractivity contribution in [2.45, 2.75) is 0 Å². The number of rotatable bonds is 4. The summed E-state index contributed by atoms with van der Waals surface area (Å²) in [6.07, 6.45) is 5.52. The third-order valence-corrected chi connectivity index (χ3v) is 8.17. The van der Waals surface area contributed by atoms with Crippen LogP contribution in [0.3, 0.4) is 0 Å². The topological polar surface area (TPSA) is 25.8 Å². The van der Waals surface area contributed by atoms with Crippen LogP contribution >= 0.6 is 0 Å². The Bertz CT molecular complexity index is 2180. The van der Waals surface area contributed by atoms with E-state index in [-0.39, 0.29) is 0 Å². The lowest BCUT2D eigenvalue weighted by Gasteiger charge is -2.18. The molecule has 0 spiro atoms. The minimum absolute atomic E-state index is 0.925. The fourth-order valence-corrected chi connectivity index (χ4v) is 6.22. The van der Waals surface area contributed by atoms with Gasteiger partial charge in [-0.15, -0.1) is 0 Å². The van der Waals surface area contributed by atoms with E-state index in [1.165, 1.54) is 60.1 Å². The first-order valence-electron chi connectivity index (χ1n) is 14.2. The van der Waals surface area contributed by atoms with Gasteiger partial charge in [-0.05, 0) is 102 Å². The molecule has 0 aliphatic carbocycles. The number of fused-ring (bicyclic) bond motifs is 3. The van der Waals surface area contributed by atoms with E-state index in [9.17, 15) is 0 Å². The van der Waals surface area contributed by atoms with E-state index in [1.807, 2.05) is 24.5 Å². The van der Waals surface area contributed by atoms with E-state index in [0.29, 0.717) is 0 Å². The van der Waals surface area contributed by atoms with Crippen LogP contribution in [0.4, 0.5) is 0 Å². The molecule has 2 aromatic heterocycles. The Morgan fingerprint density at radius 2 is 0.905 bits per heavy atom. The zero-order valence-electron chi connectivity index (χ0n) is 22.9. The molecule has 0 aliphatic rings. The molecular formula is C40H26N2. The molecule has 6 aromatic carbocycles. The molecule has 0 saturated heterocycles. The molecule has 8 aromatic rings. The molecule has 2 heteroatoms. The lowest BCUT2D eigenvalue weighted by atomic mass is 9.85. The predicted octanol–water partition coefficient (Wildman–Crippen LogP) is 10.6. The molecule has 2 heterocycles. The van der Waals surface area contributed by atoms with Crippen molar-refractivity contribution >= 4 is 32.3 Å². The van der Waals surface area contributed by atoms with E-state index < -0.39 is 0 Å². The molecule has 2 nitrogen and oxygen atoms in total. The lowest BCUT2D eigenvalue weighted by Crippen LogP contribution is -1.91. The number of aromatic nitrogens is 2. The summed E-state index contributed by atoms with van der Waals surface area (Å²) < 4.78 is 0. The molecule has 42 heavy (non-hydrogen) atoms. The van der Waals surface area contributed by atoms with Crippen LogP contribution < -0.4 is 0 Å². The predicted molar refractivity (Wildman–Crippen MR) is 176 cm³/mol. The fourth-order valence-electron chi connectivity index (χ4n) is 6.22. The maximum atomic E-state index is 4.58. The Balaban J connectivity index is 1.28. The molecule has 0 amide bonds. The monoisotopic (exact) mass is 534 g/mol. The van der Waals surface area contributed by atoms with E-state index in [2.05, 4.69) is 137 Å². The first kappa shape index (κ1) is 24.2. The number of nitrogens with zero attached hydrogens (tertiary/aromatic N) is 2. The molecule has 0 atom stereocenters. The minimum atomic E-state index is 0.925. The van der Waals surface area contributed by atoms with E-state index in [0.717, 1.165) is 16.8 Å². The third kappa shape index (κ3) is 4.13. The van der Waals surface area contributed by atoms with Crippen LogP contribution in [0.5, 0.6) is 0 Å². The standard InChI is InChI=1S/C40H26N2/c1-2-9-27(10-3-1)39-34-12-4-6-14-36(34)40(37-15-7-5-13-35(37)39)32-19-18-28-23-29(16-17-30(28)24-32)31-20-22-42-38(25-31)33-11-8-21-41-26-33/h1-26H. The van der Waals surface area contributed by atoms with Gasteiger partial charge >= 0.3 is 0 Å². The highest BCUT2D eigenvalue weighted by Gasteiger charge is 2.16. The van der Waals surface area contributed by atoms with Crippen molar-refractivity contribution in [3.8, 4) is 44.6 Å². The summed E-state index contributed by atoms with van der Waals surface area (Å²) in [4.78, 5) is 8.83. The van der Waals surface area contributed by atoms with Crippen LogP contribution in [0.2, 0.25) is 0 Å². The van der Waals surface area contributed by atoms with E-state index in [1.54, 1.807) is 6.20 Å². The minimum Gasteiger partial charge on any atom is -0.264 e. The maximum Gasteiger partial charge on any atom is 0.0723 e. The van der Waals surface area contributed by atoms with Crippen molar-refractivity contribution in [1.29, 1.82) is 0 Å². The van der Waals surface area contributed by atoms with Crippen LogP contribution in [0, 0.1) is 0 Å². The van der Waals surface area contributed by atoms with E-state index >= 15 is 0 Å². The summed E-state index contributed by atoms with van der Waals surface area (Å²) in [7, 11) is 0. The van der Waals surface area contributed by atoms with Gasteiger partial charge in [0.2, 0.25) is 0 Å². The molecule has 0 saturated carbocycles. The number of benzene rings is 6. The molecular weight excluding hydrogens is 508 g/mol. The van der Waals surface area contributed by atoms with Crippen LogP contribution in [0.25, 0.3) is 77.0 Å². The summed E-state index contributed by atoms with van der Waals surface area (Å²) in [5, 5.41) is 7.52. The van der Waals surface area contributed by atoms with Gasteiger partial charge in [-0.3, -0.25) is 9.97 Å². The summed E-state index contributed by atoms with van der Waals surface area (Å²) in [5.74, 6) is 0. The second-order valence-corrected chi connectivity index (χ2v) is 10.7. The van der Waals surface area contributed by atoms with Crippen LogP contribution in [0.15, 0.2) is 158 Å². The smallest absolute Gasteiger partial charge is 0.0723 e. The Labute approximate surface area is 244 Å². The highest BCUT2D eigenvalue weighted by atomic mass is 14.7. The van der Waals surface area contributed by atoms with Crippen molar-refractivity contribution in [1.82, 2.24) is 9.97 Å². The highest BCUT2D eigenvalue weighted by molar-refractivity contribution is 6.21. The Kier molecular flexibility index (Phi) is 5.82. The SMILES string of the molecule is c1ccc(-c2c3ccccc3c(-c3ccc4cc(-c5ccnc(-c6cccnc6)c5)ccc4c3)c3ccccc23)cc1. The Morgan fingerprint density at radius 3 is 1.55 bits per heavy atom. The quantitative estimate of drug-likeness (QED) is 0.210. The third-order valence-electron chi connectivity index (χ3n) is 8.17. The molecule has 196 valence electrons. The fraction of sp³-hybridized carbons (Fsp3) is 0. The van der Waals surface area contributed by atoms with Crippen LogP contribution in [-0.2, 0) is 0 Å². The number of hydrogen-bond donors (Lipinski definition) is 0. The normalized spacial score (nSPS) is 11.3. The molecule has 8 rings (SSSR count). The summed E-state index contributed by atoms with van der Waals surface area (Å²) in [6.45, 7) is 0. The summed E-state index contributed by atoms with van der Waals surface area (Å²) in [5.41, 5.74) is 9.29. The molecule has 0 aliphatic heterocycles. The van der Waals surface area contributed by atoms with Crippen molar-refractivity contribution in [3.63, 3.8) is 0 Å². The van der Waals surface area contributed by atoms with Gasteiger partial charge in [0.15, 0.2) is 0 Å².